The maximum absolute atomic E-state index is 15.1. The van der Waals surface area contributed by atoms with Crippen LogP contribution in [0.15, 0.2) is 24.5 Å². The van der Waals surface area contributed by atoms with E-state index in [0.717, 1.165) is 19.2 Å². The SMILES string of the molecule is C[C@@H]1CN([C@H]2COc3ccc(F)c(-[n+]4c[nH+]c5[nH]c(C(F)(F)F)cc5c4N)c3C2)CCO1. The van der Waals surface area contributed by atoms with Gasteiger partial charge >= 0.3 is 18.3 Å². The number of halogens is 4. The first-order valence-corrected chi connectivity index (χ1v) is 10.3. The number of hydrogen-bond donors (Lipinski definition) is 2. The Hall–Kier alpha value is -2.92. The minimum Gasteiger partial charge on any atom is -0.491 e. The Morgan fingerprint density at radius 3 is 2.88 bits per heavy atom. The summed E-state index contributed by atoms with van der Waals surface area (Å²) in [4.78, 5) is 7.29. The van der Waals surface area contributed by atoms with Gasteiger partial charge < -0.3 is 14.5 Å². The predicted molar refractivity (Wildman–Crippen MR) is 106 cm³/mol. The first-order valence-electron chi connectivity index (χ1n) is 10.3. The van der Waals surface area contributed by atoms with Crippen LogP contribution in [0.5, 0.6) is 5.75 Å². The van der Waals surface area contributed by atoms with E-state index >= 15 is 4.39 Å². The van der Waals surface area contributed by atoms with Crippen molar-refractivity contribution in [3.63, 3.8) is 0 Å². The highest BCUT2D eigenvalue weighted by Gasteiger charge is 2.37. The Bertz CT molecular complexity index is 1180. The van der Waals surface area contributed by atoms with E-state index in [1.807, 2.05) is 6.92 Å². The molecule has 5 rings (SSSR count). The van der Waals surface area contributed by atoms with Crippen LogP contribution in [0.25, 0.3) is 16.7 Å². The van der Waals surface area contributed by atoms with E-state index in [-0.39, 0.29) is 34.7 Å². The van der Waals surface area contributed by atoms with E-state index in [2.05, 4.69) is 14.9 Å². The molecule has 2 aliphatic heterocycles. The summed E-state index contributed by atoms with van der Waals surface area (Å²) < 4.78 is 67.4. The summed E-state index contributed by atoms with van der Waals surface area (Å²) >= 11 is 0. The average molecular weight is 453 g/mol. The fourth-order valence-electron chi connectivity index (χ4n) is 4.51. The number of fused-ring (bicyclic) bond motifs is 2. The van der Waals surface area contributed by atoms with E-state index in [1.54, 1.807) is 6.07 Å². The molecule has 3 aromatic rings. The van der Waals surface area contributed by atoms with Crippen molar-refractivity contribution in [3.8, 4) is 11.4 Å². The van der Waals surface area contributed by atoms with Crippen molar-refractivity contribution >= 4 is 16.9 Å². The van der Waals surface area contributed by atoms with Gasteiger partial charge in [0.05, 0.1) is 18.3 Å². The van der Waals surface area contributed by atoms with Crippen molar-refractivity contribution in [3.05, 3.63) is 41.6 Å². The van der Waals surface area contributed by atoms with E-state index < -0.39 is 17.7 Å². The maximum Gasteiger partial charge on any atom is 0.431 e. The van der Waals surface area contributed by atoms with Gasteiger partial charge in [0, 0.05) is 19.1 Å². The number of hydrogen-bond acceptors (Lipinski definition) is 4. The number of nitrogens with zero attached hydrogens (tertiary/aromatic N) is 2. The van der Waals surface area contributed by atoms with Gasteiger partial charge in [-0.3, -0.25) is 10.6 Å². The Morgan fingerprint density at radius 1 is 1.31 bits per heavy atom. The van der Waals surface area contributed by atoms with E-state index in [4.69, 9.17) is 15.2 Å². The van der Waals surface area contributed by atoms with Crippen LogP contribution in [0.2, 0.25) is 0 Å². The third-order valence-corrected chi connectivity index (χ3v) is 6.09. The van der Waals surface area contributed by atoms with E-state index in [1.165, 1.54) is 17.0 Å². The summed E-state index contributed by atoms with van der Waals surface area (Å²) in [5.74, 6) is -0.0182. The molecule has 0 bridgehead atoms. The molecule has 32 heavy (non-hydrogen) atoms. The Labute approximate surface area is 180 Å². The quantitative estimate of drug-likeness (QED) is 0.460. The number of aromatic nitrogens is 3. The first kappa shape index (κ1) is 21.0. The van der Waals surface area contributed by atoms with Crippen LogP contribution >= 0.6 is 0 Å². The van der Waals surface area contributed by atoms with Gasteiger partial charge in [-0.15, -0.1) is 4.57 Å². The number of anilines is 1. The van der Waals surface area contributed by atoms with Crippen molar-refractivity contribution in [2.45, 2.75) is 31.7 Å². The third kappa shape index (κ3) is 3.55. The molecule has 0 aliphatic carbocycles. The molecule has 2 aromatic heterocycles. The molecular weight excluding hydrogens is 430 g/mol. The second-order valence-electron chi connectivity index (χ2n) is 8.22. The minimum atomic E-state index is -4.56. The normalized spacial score (nSPS) is 22.0. The molecule has 4 N–H and O–H groups in total. The zero-order valence-electron chi connectivity index (χ0n) is 17.3. The number of rotatable bonds is 2. The third-order valence-electron chi connectivity index (χ3n) is 6.09. The van der Waals surface area contributed by atoms with Crippen LogP contribution < -0.4 is 20.0 Å². The molecule has 4 heterocycles. The van der Waals surface area contributed by atoms with Gasteiger partial charge in [0.1, 0.15) is 18.1 Å². The lowest BCUT2D eigenvalue weighted by Gasteiger charge is -2.39. The van der Waals surface area contributed by atoms with Crippen LogP contribution in [0.3, 0.4) is 0 Å². The number of benzene rings is 1. The van der Waals surface area contributed by atoms with E-state index in [9.17, 15) is 13.2 Å². The van der Waals surface area contributed by atoms with Crippen molar-refractivity contribution in [2.24, 2.45) is 0 Å². The van der Waals surface area contributed by atoms with Gasteiger partial charge in [0.2, 0.25) is 11.3 Å². The molecule has 0 amide bonds. The summed E-state index contributed by atoms with van der Waals surface area (Å²) in [6.07, 6.45) is -2.60. The zero-order chi connectivity index (χ0) is 22.6. The van der Waals surface area contributed by atoms with Gasteiger partial charge in [-0.1, -0.05) is 0 Å². The predicted octanol–water partition coefficient (Wildman–Crippen LogP) is 2.02. The molecule has 7 nitrogen and oxygen atoms in total. The van der Waals surface area contributed by atoms with Gasteiger partial charge in [-0.05, 0) is 31.5 Å². The standard InChI is InChI=1S/C21H21F4N5O2/c1-11-8-29(4-5-31-11)12-6-13-16(32-9-12)3-2-15(22)18(13)30-10-27-20-14(19(30)26)7-17(28-20)21(23,24)25/h2-3,7,10-12H,4-6,8-9H2,1H3,(H2,26,28)/p+2/t11-,12-/m1/s1. The van der Waals surface area contributed by atoms with Crippen molar-refractivity contribution in [2.75, 3.05) is 32.0 Å². The lowest BCUT2D eigenvalue weighted by molar-refractivity contribution is -0.649. The second kappa shape index (κ2) is 7.59. The largest absolute Gasteiger partial charge is 0.491 e. The molecular formula is C21H23F4N5O2+2. The average Bonchev–Trinajstić information content (AvgIpc) is 3.20. The summed E-state index contributed by atoms with van der Waals surface area (Å²) in [5, 5.41) is 0.118. The highest BCUT2D eigenvalue weighted by atomic mass is 19.4. The highest BCUT2D eigenvalue weighted by molar-refractivity contribution is 5.83. The fourth-order valence-corrected chi connectivity index (χ4v) is 4.51. The topological polar surface area (TPSA) is 81.5 Å². The summed E-state index contributed by atoms with van der Waals surface area (Å²) in [7, 11) is 0. The van der Waals surface area contributed by atoms with Crippen LogP contribution in [0.4, 0.5) is 23.4 Å². The monoisotopic (exact) mass is 453 g/mol. The molecule has 11 heteroatoms. The lowest BCUT2D eigenvalue weighted by Crippen LogP contribution is -2.51. The summed E-state index contributed by atoms with van der Waals surface area (Å²) in [6, 6.07) is 3.79. The Morgan fingerprint density at radius 2 is 2.12 bits per heavy atom. The van der Waals surface area contributed by atoms with Gasteiger partial charge in [-0.25, -0.2) is 4.39 Å². The van der Waals surface area contributed by atoms with Gasteiger partial charge in [-0.2, -0.15) is 18.2 Å². The summed E-state index contributed by atoms with van der Waals surface area (Å²) in [5.41, 5.74) is 6.18. The molecule has 0 spiro atoms. The van der Waals surface area contributed by atoms with Crippen molar-refractivity contribution in [1.82, 2.24) is 9.88 Å². The molecule has 0 radical (unpaired) electrons. The zero-order valence-corrected chi connectivity index (χ0v) is 17.3. The lowest BCUT2D eigenvalue weighted by atomic mass is 9.98. The Balaban J connectivity index is 1.58. The summed E-state index contributed by atoms with van der Waals surface area (Å²) in [6.45, 7) is 4.57. The molecule has 0 unspecified atom stereocenters. The smallest absolute Gasteiger partial charge is 0.431 e. The molecule has 1 fully saturated rings. The number of nitrogens with one attached hydrogen (secondary N) is 2. The molecule has 1 aromatic carbocycles. The number of alkyl halides is 3. The van der Waals surface area contributed by atoms with E-state index in [0.29, 0.717) is 30.9 Å². The fraction of sp³-hybridized carbons (Fsp3) is 0.429. The first-order chi connectivity index (χ1) is 15.2. The van der Waals surface area contributed by atoms with Crippen LogP contribution in [-0.2, 0) is 17.3 Å². The highest BCUT2D eigenvalue weighted by Crippen LogP contribution is 2.34. The molecule has 2 atom stereocenters. The van der Waals surface area contributed by atoms with Crippen LogP contribution in [0, 0.1) is 5.82 Å². The number of nitrogens with two attached hydrogens (primary N) is 1. The maximum atomic E-state index is 15.1. The van der Waals surface area contributed by atoms with Crippen LogP contribution in [0.1, 0.15) is 18.2 Å². The number of aromatic amines is 2. The molecule has 2 aliphatic rings. The number of ether oxygens (including phenoxy) is 2. The minimum absolute atomic E-state index is 0.0140. The van der Waals surface area contributed by atoms with Gasteiger partial charge in [0.25, 0.3) is 0 Å². The van der Waals surface area contributed by atoms with Crippen molar-refractivity contribution in [1.29, 1.82) is 0 Å². The van der Waals surface area contributed by atoms with Gasteiger partial charge in [0.15, 0.2) is 11.2 Å². The number of H-pyrrole nitrogens is 2. The molecule has 170 valence electrons. The number of nitrogen functional groups attached to an aromatic ring is 1. The second-order valence-corrected chi connectivity index (χ2v) is 8.22. The van der Waals surface area contributed by atoms with Crippen molar-refractivity contribution < 1.29 is 36.6 Å². The van der Waals surface area contributed by atoms with Crippen LogP contribution in [-0.4, -0.2) is 48.3 Å². The molecule has 0 saturated carbocycles. The Kier molecular flexibility index (Phi) is 4.97. The number of morpholine rings is 1. The molecule has 1 saturated heterocycles.